The molecule has 0 saturated carbocycles. The third-order valence-electron chi connectivity index (χ3n) is 1.82. The van der Waals surface area contributed by atoms with E-state index in [2.05, 4.69) is 11.1 Å². The standard InChI is InChI=1S/C9H10N2OS/c10-3-1-7-2-4-13-9(7)8-5-11-6-12-8/h2,4-6H,1,3,10H2. The molecule has 0 aromatic carbocycles. The molecule has 2 N–H and O–H groups in total. The van der Waals surface area contributed by atoms with Gasteiger partial charge in [0.25, 0.3) is 0 Å². The predicted molar refractivity (Wildman–Crippen MR) is 52.6 cm³/mol. The highest BCUT2D eigenvalue weighted by Gasteiger charge is 2.08. The van der Waals surface area contributed by atoms with Gasteiger partial charge in [-0.05, 0) is 30.0 Å². The Morgan fingerprint density at radius 3 is 3.15 bits per heavy atom. The van der Waals surface area contributed by atoms with Crippen LogP contribution in [0.15, 0.2) is 28.5 Å². The first-order valence-electron chi connectivity index (χ1n) is 4.07. The van der Waals surface area contributed by atoms with E-state index in [1.165, 1.54) is 12.0 Å². The highest BCUT2D eigenvalue weighted by Crippen LogP contribution is 2.29. The first-order chi connectivity index (χ1) is 6.42. The maximum absolute atomic E-state index is 5.50. The van der Waals surface area contributed by atoms with E-state index in [0.29, 0.717) is 6.54 Å². The van der Waals surface area contributed by atoms with Crippen molar-refractivity contribution in [2.75, 3.05) is 6.54 Å². The number of aromatic nitrogens is 1. The first kappa shape index (κ1) is 8.47. The monoisotopic (exact) mass is 194 g/mol. The van der Waals surface area contributed by atoms with Crippen molar-refractivity contribution < 1.29 is 4.42 Å². The SMILES string of the molecule is NCCc1ccsc1-c1cnco1. The van der Waals surface area contributed by atoms with Gasteiger partial charge in [-0.1, -0.05) is 0 Å². The van der Waals surface area contributed by atoms with Gasteiger partial charge in [0.2, 0.25) is 0 Å². The lowest BCUT2D eigenvalue weighted by Crippen LogP contribution is -2.02. The molecule has 0 spiro atoms. The Bertz CT molecular complexity index is 367. The molecule has 3 nitrogen and oxygen atoms in total. The molecule has 4 heteroatoms. The zero-order valence-electron chi connectivity index (χ0n) is 7.06. The van der Waals surface area contributed by atoms with E-state index in [9.17, 15) is 0 Å². The molecule has 0 aliphatic rings. The molecule has 0 aliphatic carbocycles. The molecule has 0 bridgehead atoms. The summed E-state index contributed by atoms with van der Waals surface area (Å²) in [5, 5.41) is 2.04. The highest BCUT2D eigenvalue weighted by molar-refractivity contribution is 7.13. The molecule has 0 saturated heterocycles. The topological polar surface area (TPSA) is 52.0 Å². The van der Waals surface area contributed by atoms with Crippen LogP contribution in [-0.4, -0.2) is 11.5 Å². The van der Waals surface area contributed by atoms with E-state index in [4.69, 9.17) is 10.2 Å². The second-order valence-electron chi connectivity index (χ2n) is 2.68. The summed E-state index contributed by atoms with van der Waals surface area (Å²) in [6.07, 6.45) is 4.06. The Morgan fingerprint density at radius 1 is 1.54 bits per heavy atom. The molecule has 2 heterocycles. The molecule has 0 aliphatic heterocycles. The van der Waals surface area contributed by atoms with E-state index in [0.717, 1.165) is 17.1 Å². The summed E-state index contributed by atoms with van der Waals surface area (Å²) in [5.41, 5.74) is 6.74. The molecule has 0 radical (unpaired) electrons. The quantitative estimate of drug-likeness (QED) is 0.812. The third-order valence-corrected chi connectivity index (χ3v) is 2.79. The Kier molecular flexibility index (Phi) is 2.42. The molecule has 2 rings (SSSR count). The van der Waals surface area contributed by atoms with Gasteiger partial charge in [0.1, 0.15) is 0 Å². The molecule has 0 fully saturated rings. The largest absolute Gasteiger partial charge is 0.443 e. The van der Waals surface area contributed by atoms with Crippen LogP contribution < -0.4 is 5.73 Å². The Morgan fingerprint density at radius 2 is 2.46 bits per heavy atom. The van der Waals surface area contributed by atoms with Gasteiger partial charge >= 0.3 is 0 Å². The van der Waals surface area contributed by atoms with Crippen LogP contribution in [0.3, 0.4) is 0 Å². The van der Waals surface area contributed by atoms with Crippen LogP contribution >= 0.6 is 11.3 Å². The van der Waals surface area contributed by atoms with Crippen molar-refractivity contribution in [3.05, 3.63) is 29.6 Å². The molecule has 0 unspecified atom stereocenters. The molecule has 13 heavy (non-hydrogen) atoms. The summed E-state index contributed by atoms with van der Waals surface area (Å²) in [4.78, 5) is 5.03. The number of nitrogens with two attached hydrogens (primary N) is 1. The van der Waals surface area contributed by atoms with E-state index in [1.54, 1.807) is 17.5 Å². The Labute approximate surface area is 80.2 Å². The fourth-order valence-corrected chi connectivity index (χ4v) is 2.14. The maximum atomic E-state index is 5.50. The average Bonchev–Trinajstić information content (AvgIpc) is 2.71. The van der Waals surface area contributed by atoms with Crippen LogP contribution in [-0.2, 0) is 6.42 Å². The summed E-state index contributed by atoms with van der Waals surface area (Å²) in [5.74, 6) is 0.832. The van der Waals surface area contributed by atoms with Crippen LogP contribution in [0.1, 0.15) is 5.56 Å². The summed E-state index contributed by atoms with van der Waals surface area (Å²) in [6, 6.07) is 2.08. The fraction of sp³-hybridized carbons (Fsp3) is 0.222. The molecule has 2 aromatic rings. The minimum absolute atomic E-state index is 0.665. The number of hydrogen-bond donors (Lipinski definition) is 1. The third kappa shape index (κ3) is 1.64. The number of nitrogens with zero attached hydrogens (tertiary/aromatic N) is 1. The highest BCUT2D eigenvalue weighted by atomic mass is 32.1. The smallest absolute Gasteiger partial charge is 0.181 e. The lowest BCUT2D eigenvalue weighted by molar-refractivity contribution is 0.572. The van der Waals surface area contributed by atoms with Gasteiger partial charge in [-0.25, -0.2) is 4.98 Å². The number of thiophene rings is 1. The van der Waals surface area contributed by atoms with Gasteiger partial charge in [0.05, 0.1) is 11.1 Å². The lowest BCUT2D eigenvalue weighted by Gasteiger charge is -1.96. The summed E-state index contributed by atoms with van der Waals surface area (Å²) >= 11 is 1.66. The molecule has 2 aromatic heterocycles. The van der Waals surface area contributed by atoms with Crippen LogP contribution in [0, 0.1) is 0 Å². The van der Waals surface area contributed by atoms with Crippen LogP contribution in [0.4, 0.5) is 0 Å². The van der Waals surface area contributed by atoms with E-state index in [1.807, 2.05) is 5.38 Å². The Balaban J connectivity index is 2.35. The summed E-state index contributed by atoms with van der Waals surface area (Å²) in [6.45, 7) is 0.665. The van der Waals surface area contributed by atoms with Crippen LogP contribution in [0.2, 0.25) is 0 Å². The number of rotatable bonds is 3. The number of oxazole rings is 1. The van der Waals surface area contributed by atoms with E-state index >= 15 is 0 Å². The normalized spacial score (nSPS) is 10.5. The van der Waals surface area contributed by atoms with Crippen molar-refractivity contribution in [1.29, 1.82) is 0 Å². The first-order valence-corrected chi connectivity index (χ1v) is 4.95. The molecular weight excluding hydrogens is 184 g/mol. The van der Waals surface area contributed by atoms with Gasteiger partial charge in [0.15, 0.2) is 12.2 Å². The maximum Gasteiger partial charge on any atom is 0.181 e. The summed E-state index contributed by atoms with van der Waals surface area (Å²) in [7, 11) is 0. The Hall–Kier alpha value is -1.13. The minimum atomic E-state index is 0.665. The van der Waals surface area contributed by atoms with Crippen molar-refractivity contribution in [3.8, 4) is 10.6 Å². The number of hydrogen-bond acceptors (Lipinski definition) is 4. The van der Waals surface area contributed by atoms with Gasteiger partial charge in [0, 0.05) is 0 Å². The van der Waals surface area contributed by atoms with Crippen molar-refractivity contribution in [3.63, 3.8) is 0 Å². The molecule has 0 atom stereocenters. The molecule has 0 amide bonds. The average molecular weight is 194 g/mol. The molecule has 68 valence electrons. The second-order valence-corrected chi connectivity index (χ2v) is 3.60. The van der Waals surface area contributed by atoms with Crippen LogP contribution in [0.5, 0.6) is 0 Å². The lowest BCUT2D eigenvalue weighted by atomic mass is 10.2. The fourth-order valence-electron chi connectivity index (χ4n) is 1.23. The van der Waals surface area contributed by atoms with Crippen molar-refractivity contribution in [2.24, 2.45) is 5.73 Å². The van der Waals surface area contributed by atoms with Crippen LogP contribution in [0.25, 0.3) is 10.6 Å². The molecular formula is C9H10N2OS. The zero-order valence-corrected chi connectivity index (χ0v) is 7.88. The van der Waals surface area contributed by atoms with Crippen molar-refractivity contribution >= 4 is 11.3 Å². The van der Waals surface area contributed by atoms with E-state index < -0.39 is 0 Å². The predicted octanol–water partition coefficient (Wildman–Crippen LogP) is 1.90. The second kappa shape index (κ2) is 3.72. The van der Waals surface area contributed by atoms with Crippen molar-refractivity contribution in [1.82, 2.24) is 4.98 Å². The summed E-state index contributed by atoms with van der Waals surface area (Å²) < 4.78 is 5.22. The minimum Gasteiger partial charge on any atom is -0.443 e. The van der Waals surface area contributed by atoms with Gasteiger partial charge < -0.3 is 10.2 Å². The van der Waals surface area contributed by atoms with Crippen molar-refractivity contribution in [2.45, 2.75) is 6.42 Å². The van der Waals surface area contributed by atoms with Gasteiger partial charge in [-0.3, -0.25) is 0 Å². The van der Waals surface area contributed by atoms with Gasteiger partial charge in [-0.2, -0.15) is 0 Å². The van der Waals surface area contributed by atoms with E-state index in [-0.39, 0.29) is 0 Å². The van der Waals surface area contributed by atoms with Gasteiger partial charge in [-0.15, -0.1) is 11.3 Å². The zero-order chi connectivity index (χ0) is 9.10.